The van der Waals surface area contributed by atoms with Gasteiger partial charge in [-0.15, -0.1) is 12.4 Å². The summed E-state index contributed by atoms with van der Waals surface area (Å²) in [7, 11) is 2.32. The Morgan fingerprint density at radius 3 is 2.77 bits per heavy atom. The number of nitrogens with one attached hydrogen (secondary N) is 1. The monoisotopic (exact) mass is 323 g/mol. The highest BCUT2D eigenvalue weighted by Crippen LogP contribution is 2.28. The zero-order valence-electron chi connectivity index (χ0n) is 13.9. The second-order valence-electron chi connectivity index (χ2n) is 7.23. The molecule has 2 heterocycles. The first-order valence-corrected chi connectivity index (χ1v) is 8.37. The van der Waals surface area contributed by atoms with E-state index in [1.165, 1.54) is 57.7 Å². The Labute approximate surface area is 141 Å². The maximum Gasteiger partial charge on any atom is 0.0366 e. The molecular formula is C18H30ClN3. The van der Waals surface area contributed by atoms with Gasteiger partial charge in [0.05, 0.1) is 0 Å². The van der Waals surface area contributed by atoms with E-state index in [4.69, 9.17) is 0 Å². The summed E-state index contributed by atoms with van der Waals surface area (Å²) in [5.74, 6) is 0. The fourth-order valence-electron chi connectivity index (χ4n) is 3.92. The Hall–Kier alpha value is -0.770. The van der Waals surface area contributed by atoms with Gasteiger partial charge in [0.25, 0.3) is 0 Å². The van der Waals surface area contributed by atoms with Crippen molar-refractivity contribution in [3.8, 4) is 0 Å². The number of hydrogen-bond donors (Lipinski definition) is 1. The molecule has 2 atom stereocenters. The zero-order chi connectivity index (χ0) is 14.7. The van der Waals surface area contributed by atoms with Crippen LogP contribution in [-0.2, 0) is 0 Å². The van der Waals surface area contributed by atoms with Crippen molar-refractivity contribution in [1.29, 1.82) is 0 Å². The largest absolute Gasteiger partial charge is 0.370 e. The van der Waals surface area contributed by atoms with Crippen molar-refractivity contribution in [3.05, 3.63) is 30.3 Å². The Morgan fingerprint density at radius 1 is 1.32 bits per heavy atom. The molecule has 0 amide bonds. The van der Waals surface area contributed by atoms with Gasteiger partial charge in [0.15, 0.2) is 0 Å². The summed E-state index contributed by atoms with van der Waals surface area (Å²) in [6.07, 6.45) is 3.95. The zero-order valence-corrected chi connectivity index (χ0v) is 14.7. The third kappa shape index (κ3) is 4.15. The number of rotatable bonds is 4. The molecule has 0 saturated carbocycles. The van der Waals surface area contributed by atoms with Gasteiger partial charge < -0.3 is 15.1 Å². The van der Waals surface area contributed by atoms with Crippen LogP contribution in [0.25, 0.3) is 0 Å². The number of nitrogens with zero attached hydrogens (tertiary/aromatic N) is 2. The first-order chi connectivity index (χ1) is 10.2. The van der Waals surface area contributed by atoms with Gasteiger partial charge in [0, 0.05) is 37.9 Å². The quantitative estimate of drug-likeness (QED) is 0.919. The van der Waals surface area contributed by atoms with Crippen LogP contribution in [0, 0.1) is 5.41 Å². The van der Waals surface area contributed by atoms with E-state index in [0.717, 1.165) is 0 Å². The second-order valence-corrected chi connectivity index (χ2v) is 7.23. The first-order valence-electron chi connectivity index (χ1n) is 8.37. The molecule has 2 saturated heterocycles. The van der Waals surface area contributed by atoms with E-state index in [2.05, 4.69) is 59.4 Å². The van der Waals surface area contributed by atoms with Crippen LogP contribution < -0.4 is 10.2 Å². The first kappa shape index (κ1) is 17.6. The van der Waals surface area contributed by atoms with Gasteiger partial charge in [-0.25, -0.2) is 0 Å². The smallest absolute Gasteiger partial charge is 0.0366 e. The molecule has 2 fully saturated rings. The summed E-state index contributed by atoms with van der Waals surface area (Å²) in [4.78, 5) is 5.17. The number of piperidine rings is 1. The second kappa shape index (κ2) is 7.67. The third-order valence-electron chi connectivity index (χ3n) is 5.23. The molecule has 0 spiro atoms. The third-order valence-corrected chi connectivity index (χ3v) is 5.23. The van der Waals surface area contributed by atoms with E-state index >= 15 is 0 Å². The molecule has 2 aliphatic rings. The lowest BCUT2D eigenvalue weighted by Gasteiger charge is -2.41. The van der Waals surface area contributed by atoms with Gasteiger partial charge in [-0.2, -0.15) is 0 Å². The fraction of sp³-hybridized carbons (Fsp3) is 0.667. The van der Waals surface area contributed by atoms with Crippen molar-refractivity contribution in [2.24, 2.45) is 5.41 Å². The molecule has 2 unspecified atom stereocenters. The molecule has 2 aliphatic heterocycles. The van der Waals surface area contributed by atoms with Crippen LogP contribution in [0.5, 0.6) is 0 Å². The molecule has 3 rings (SSSR count). The van der Waals surface area contributed by atoms with Gasteiger partial charge in [-0.3, -0.25) is 0 Å². The van der Waals surface area contributed by atoms with E-state index in [1.54, 1.807) is 0 Å². The van der Waals surface area contributed by atoms with Gasteiger partial charge in [0.1, 0.15) is 0 Å². The van der Waals surface area contributed by atoms with Crippen LogP contribution in [-0.4, -0.2) is 50.7 Å². The lowest BCUT2D eigenvalue weighted by atomic mass is 9.88. The Kier molecular flexibility index (Phi) is 6.13. The normalized spacial score (nSPS) is 28.7. The predicted molar refractivity (Wildman–Crippen MR) is 97.1 cm³/mol. The topological polar surface area (TPSA) is 18.5 Å². The molecule has 3 nitrogen and oxygen atoms in total. The highest BCUT2D eigenvalue weighted by molar-refractivity contribution is 5.85. The highest BCUT2D eigenvalue weighted by atomic mass is 35.5. The molecule has 0 aliphatic carbocycles. The summed E-state index contributed by atoms with van der Waals surface area (Å²) >= 11 is 0. The van der Waals surface area contributed by atoms with Crippen LogP contribution in [0.15, 0.2) is 30.3 Å². The van der Waals surface area contributed by atoms with Crippen molar-refractivity contribution in [2.45, 2.75) is 32.2 Å². The highest BCUT2D eigenvalue weighted by Gasteiger charge is 2.32. The number of hydrogen-bond acceptors (Lipinski definition) is 3. The molecule has 22 heavy (non-hydrogen) atoms. The number of likely N-dealkylation sites (N-methyl/N-ethyl adjacent to an activating group) is 1. The summed E-state index contributed by atoms with van der Waals surface area (Å²) in [6, 6.07) is 11.6. The molecule has 1 aromatic carbocycles. The van der Waals surface area contributed by atoms with Crippen LogP contribution in [0.1, 0.15) is 26.2 Å². The lowest BCUT2D eigenvalue weighted by molar-refractivity contribution is 0.147. The molecule has 0 bridgehead atoms. The van der Waals surface area contributed by atoms with Crippen LogP contribution in [0.2, 0.25) is 0 Å². The molecule has 0 radical (unpaired) electrons. The number of para-hydroxylation sites is 1. The minimum Gasteiger partial charge on any atom is -0.370 e. The lowest BCUT2D eigenvalue weighted by Crippen LogP contribution is -2.49. The molecule has 0 aromatic heterocycles. The van der Waals surface area contributed by atoms with Gasteiger partial charge in [-0.1, -0.05) is 25.1 Å². The minimum atomic E-state index is 0. The Bertz CT molecular complexity index is 445. The predicted octanol–water partition coefficient (Wildman–Crippen LogP) is 3.01. The maximum atomic E-state index is 3.52. The summed E-state index contributed by atoms with van der Waals surface area (Å²) < 4.78 is 0. The number of halogens is 1. The Morgan fingerprint density at radius 2 is 2.09 bits per heavy atom. The van der Waals surface area contributed by atoms with E-state index in [9.17, 15) is 0 Å². The van der Waals surface area contributed by atoms with Crippen molar-refractivity contribution in [1.82, 2.24) is 10.2 Å². The fourth-order valence-corrected chi connectivity index (χ4v) is 3.92. The van der Waals surface area contributed by atoms with E-state index in [-0.39, 0.29) is 12.4 Å². The van der Waals surface area contributed by atoms with Gasteiger partial charge in [-0.05, 0) is 50.4 Å². The summed E-state index contributed by atoms with van der Waals surface area (Å²) in [5, 5.41) is 3.52. The SMILES string of the molecule is CN(CC1(C)CCNC1)C1CCCN(c2ccccc2)C1.Cl. The van der Waals surface area contributed by atoms with Gasteiger partial charge >= 0.3 is 0 Å². The molecule has 1 N–H and O–H groups in total. The van der Waals surface area contributed by atoms with Crippen molar-refractivity contribution < 1.29 is 0 Å². The van der Waals surface area contributed by atoms with Crippen molar-refractivity contribution in [2.75, 3.05) is 44.7 Å². The van der Waals surface area contributed by atoms with Crippen LogP contribution >= 0.6 is 12.4 Å². The molecule has 4 heteroatoms. The maximum absolute atomic E-state index is 3.52. The Balaban J connectivity index is 0.00000176. The number of anilines is 1. The van der Waals surface area contributed by atoms with Gasteiger partial charge in [0.2, 0.25) is 0 Å². The molecular weight excluding hydrogens is 294 g/mol. The minimum absolute atomic E-state index is 0. The van der Waals surface area contributed by atoms with Crippen LogP contribution in [0.3, 0.4) is 0 Å². The standard InChI is InChI=1S/C18H29N3.ClH/c1-18(10-11-19-14-18)15-20(2)17-9-6-12-21(13-17)16-7-4-3-5-8-16;/h3-5,7-8,17,19H,6,9-15H2,1-2H3;1H. The number of benzene rings is 1. The van der Waals surface area contributed by atoms with Crippen molar-refractivity contribution in [3.63, 3.8) is 0 Å². The molecule has 124 valence electrons. The van der Waals surface area contributed by atoms with E-state index < -0.39 is 0 Å². The van der Waals surface area contributed by atoms with Crippen LogP contribution in [0.4, 0.5) is 5.69 Å². The average molecular weight is 324 g/mol. The van der Waals surface area contributed by atoms with E-state index in [0.29, 0.717) is 11.5 Å². The summed E-state index contributed by atoms with van der Waals surface area (Å²) in [6.45, 7) is 8.38. The summed E-state index contributed by atoms with van der Waals surface area (Å²) in [5.41, 5.74) is 1.84. The average Bonchev–Trinajstić information content (AvgIpc) is 2.94. The molecule has 1 aromatic rings. The van der Waals surface area contributed by atoms with E-state index in [1.807, 2.05) is 0 Å². The van der Waals surface area contributed by atoms with Crippen molar-refractivity contribution >= 4 is 18.1 Å².